The van der Waals surface area contributed by atoms with Gasteiger partial charge in [-0.1, -0.05) is 19.8 Å². The Morgan fingerprint density at radius 1 is 1.38 bits per heavy atom. The molecule has 1 aliphatic rings. The van der Waals surface area contributed by atoms with Crippen LogP contribution >= 0.6 is 11.3 Å². The Bertz CT molecular complexity index is 526. The first-order valence-electron chi connectivity index (χ1n) is 8.16. The molecule has 0 amide bonds. The van der Waals surface area contributed by atoms with Crippen molar-refractivity contribution in [2.75, 3.05) is 6.54 Å². The summed E-state index contributed by atoms with van der Waals surface area (Å²) in [5.41, 5.74) is 2.60. The molecule has 0 aromatic carbocycles. The lowest BCUT2D eigenvalue weighted by atomic mass is 10.1. The molecule has 1 fully saturated rings. The van der Waals surface area contributed by atoms with Gasteiger partial charge in [0, 0.05) is 18.7 Å². The van der Waals surface area contributed by atoms with Crippen LogP contribution in [0, 0.1) is 0 Å². The lowest BCUT2D eigenvalue weighted by molar-refractivity contribution is 0.456. The zero-order valence-corrected chi connectivity index (χ0v) is 13.6. The van der Waals surface area contributed by atoms with E-state index < -0.39 is 0 Å². The molecule has 0 saturated heterocycles. The van der Waals surface area contributed by atoms with Crippen LogP contribution in [0.4, 0.5) is 0 Å². The maximum Gasteiger partial charge on any atom is 0.0643 e. The molecule has 0 spiro atoms. The van der Waals surface area contributed by atoms with E-state index in [9.17, 15) is 0 Å². The zero-order chi connectivity index (χ0) is 14.5. The Morgan fingerprint density at radius 2 is 2.24 bits per heavy atom. The van der Waals surface area contributed by atoms with E-state index in [0.29, 0.717) is 12.1 Å². The van der Waals surface area contributed by atoms with Crippen molar-refractivity contribution in [1.82, 2.24) is 15.1 Å². The third kappa shape index (κ3) is 3.74. The summed E-state index contributed by atoms with van der Waals surface area (Å²) in [5.74, 6) is 0. The third-order valence-electron chi connectivity index (χ3n) is 4.36. The van der Waals surface area contributed by atoms with Gasteiger partial charge in [-0.3, -0.25) is 4.68 Å². The van der Waals surface area contributed by atoms with Gasteiger partial charge in [-0.05, 0) is 54.3 Å². The van der Waals surface area contributed by atoms with Gasteiger partial charge in [0.05, 0.1) is 11.7 Å². The number of rotatable bonds is 7. The highest BCUT2D eigenvalue weighted by atomic mass is 32.1. The second-order valence-electron chi connectivity index (χ2n) is 5.99. The summed E-state index contributed by atoms with van der Waals surface area (Å²) in [5, 5.41) is 12.9. The first-order chi connectivity index (χ1) is 10.4. The lowest BCUT2D eigenvalue weighted by Crippen LogP contribution is -2.24. The number of thiophene rings is 1. The van der Waals surface area contributed by atoms with E-state index in [1.54, 1.807) is 11.3 Å². The van der Waals surface area contributed by atoms with E-state index in [1.807, 2.05) is 0 Å². The second kappa shape index (κ2) is 7.23. The van der Waals surface area contributed by atoms with Gasteiger partial charge in [-0.25, -0.2) is 0 Å². The fourth-order valence-electron chi connectivity index (χ4n) is 3.17. The van der Waals surface area contributed by atoms with Crippen molar-refractivity contribution < 1.29 is 0 Å². The summed E-state index contributed by atoms with van der Waals surface area (Å²) in [6.07, 6.45) is 9.63. The molecule has 2 aromatic heterocycles. The van der Waals surface area contributed by atoms with Gasteiger partial charge in [0.15, 0.2) is 0 Å². The first-order valence-corrected chi connectivity index (χ1v) is 9.10. The van der Waals surface area contributed by atoms with Crippen LogP contribution in [0.2, 0.25) is 0 Å². The van der Waals surface area contributed by atoms with E-state index in [1.165, 1.54) is 36.9 Å². The van der Waals surface area contributed by atoms with E-state index in [2.05, 4.69) is 46.0 Å². The van der Waals surface area contributed by atoms with Crippen LogP contribution in [0.25, 0.3) is 0 Å². The molecule has 1 atom stereocenters. The Labute approximate surface area is 131 Å². The molecule has 4 heteroatoms. The number of nitrogens with one attached hydrogen (secondary N) is 1. The van der Waals surface area contributed by atoms with Crippen LogP contribution < -0.4 is 5.32 Å². The van der Waals surface area contributed by atoms with Crippen molar-refractivity contribution in [1.29, 1.82) is 0 Å². The van der Waals surface area contributed by atoms with Gasteiger partial charge in [0.1, 0.15) is 0 Å². The molecule has 1 N–H and O–H groups in total. The summed E-state index contributed by atoms with van der Waals surface area (Å²) in [6.45, 7) is 3.27. The summed E-state index contributed by atoms with van der Waals surface area (Å²) in [4.78, 5) is 0. The molecule has 1 aliphatic carbocycles. The maximum atomic E-state index is 4.83. The molecule has 3 rings (SSSR count). The minimum Gasteiger partial charge on any atom is -0.310 e. The van der Waals surface area contributed by atoms with Gasteiger partial charge < -0.3 is 5.32 Å². The largest absolute Gasteiger partial charge is 0.310 e. The van der Waals surface area contributed by atoms with Crippen molar-refractivity contribution in [2.24, 2.45) is 0 Å². The topological polar surface area (TPSA) is 29.9 Å². The predicted octanol–water partition coefficient (Wildman–Crippen LogP) is 4.34. The summed E-state index contributed by atoms with van der Waals surface area (Å²) >= 11 is 1.77. The number of hydrogen-bond donors (Lipinski definition) is 1. The molecule has 0 aliphatic heterocycles. The highest BCUT2D eigenvalue weighted by molar-refractivity contribution is 7.07. The van der Waals surface area contributed by atoms with E-state index in [4.69, 9.17) is 5.10 Å². The molecule has 3 nitrogen and oxygen atoms in total. The van der Waals surface area contributed by atoms with Crippen LogP contribution in [-0.4, -0.2) is 16.3 Å². The Morgan fingerprint density at radius 3 is 2.95 bits per heavy atom. The van der Waals surface area contributed by atoms with Gasteiger partial charge in [-0.15, -0.1) is 0 Å². The van der Waals surface area contributed by atoms with Crippen LogP contribution in [0.1, 0.15) is 62.4 Å². The number of hydrogen-bond acceptors (Lipinski definition) is 3. The minimum atomic E-state index is 0.392. The van der Waals surface area contributed by atoms with E-state index >= 15 is 0 Å². The van der Waals surface area contributed by atoms with Crippen LogP contribution in [-0.2, 0) is 6.42 Å². The van der Waals surface area contributed by atoms with E-state index in [-0.39, 0.29) is 0 Å². The van der Waals surface area contributed by atoms with Crippen LogP contribution in [0.3, 0.4) is 0 Å². The Balaban J connectivity index is 1.67. The van der Waals surface area contributed by atoms with Crippen LogP contribution in [0.5, 0.6) is 0 Å². The molecule has 21 heavy (non-hydrogen) atoms. The van der Waals surface area contributed by atoms with Gasteiger partial charge >= 0.3 is 0 Å². The standard InChI is InChI=1S/C17H25N3S/c1-2-9-18-17(14-8-11-21-13-14)12-15-7-10-20(19-15)16-5-3-4-6-16/h7-8,10-11,13,16-18H,2-6,9,12H2,1H3. The normalized spacial score (nSPS) is 17.4. The van der Waals surface area contributed by atoms with Crippen molar-refractivity contribution >= 4 is 11.3 Å². The zero-order valence-electron chi connectivity index (χ0n) is 12.8. The monoisotopic (exact) mass is 303 g/mol. The molecular weight excluding hydrogens is 278 g/mol. The quantitative estimate of drug-likeness (QED) is 0.824. The van der Waals surface area contributed by atoms with Gasteiger partial charge in [-0.2, -0.15) is 16.4 Å². The third-order valence-corrected chi connectivity index (χ3v) is 5.06. The summed E-state index contributed by atoms with van der Waals surface area (Å²) in [6, 6.07) is 5.46. The molecule has 0 bridgehead atoms. The predicted molar refractivity (Wildman–Crippen MR) is 88.8 cm³/mol. The Kier molecular flexibility index (Phi) is 5.09. The highest BCUT2D eigenvalue weighted by Gasteiger charge is 2.19. The average molecular weight is 303 g/mol. The number of aromatic nitrogens is 2. The van der Waals surface area contributed by atoms with Crippen molar-refractivity contribution in [2.45, 2.75) is 57.5 Å². The van der Waals surface area contributed by atoms with Gasteiger partial charge in [0.25, 0.3) is 0 Å². The van der Waals surface area contributed by atoms with Gasteiger partial charge in [0.2, 0.25) is 0 Å². The van der Waals surface area contributed by atoms with Crippen molar-refractivity contribution in [3.63, 3.8) is 0 Å². The minimum absolute atomic E-state index is 0.392. The average Bonchev–Trinajstić information content (AvgIpc) is 3.24. The molecule has 114 valence electrons. The highest BCUT2D eigenvalue weighted by Crippen LogP contribution is 2.29. The second-order valence-corrected chi connectivity index (χ2v) is 6.77. The molecular formula is C17H25N3S. The molecule has 2 heterocycles. The lowest BCUT2D eigenvalue weighted by Gasteiger charge is -2.16. The van der Waals surface area contributed by atoms with E-state index in [0.717, 1.165) is 19.4 Å². The van der Waals surface area contributed by atoms with Crippen molar-refractivity contribution in [3.05, 3.63) is 40.3 Å². The molecule has 1 saturated carbocycles. The SMILES string of the molecule is CCCNC(Cc1ccn(C2CCCC2)n1)c1ccsc1. The van der Waals surface area contributed by atoms with Crippen molar-refractivity contribution in [3.8, 4) is 0 Å². The fourth-order valence-corrected chi connectivity index (χ4v) is 3.88. The number of nitrogens with zero attached hydrogens (tertiary/aromatic N) is 2. The fraction of sp³-hybridized carbons (Fsp3) is 0.588. The summed E-state index contributed by atoms with van der Waals surface area (Å²) in [7, 11) is 0. The smallest absolute Gasteiger partial charge is 0.0643 e. The molecule has 1 unspecified atom stereocenters. The molecule has 0 radical (unpaired) electrons. The Hall–Kier alpha value is -1.13. The maximum absolute atomic E-state index is 4.83. The molecule has 2 aromatic rings. The van der Waals surface area contributed by atoms with Crippen LogP contribution in [0.15, 0.2) is 29.1 Å². The first kappa shape index (κ1) is 14.8. The summed E-state index contributed by atoms with van der Waals surface area (Å²) < 4.78 is 2.20.